The standard InChI is InChI=1S/C27H43N3O5S/c1-21-16-25(34-3)17-22(2)27(21)36(32,33)30-15-8-5-10-24(30)19-35-20-26(31)29-14-9-11-23(29)18-28-12-6-4-7-13-28/h16-17,23-24H,4-15,18-20H2,1-3H3. The summed E-state index contributed by atoms with van der Waals surface area (Å²) >= 11 is 0. The summed E-state index contributed by atoms with van der Waals surface area (Å²) in [7, 11) is -2.11. The summed E-state index contributed by atoms with van der Waals surface area (Å²) in [6, 6.07) is 3.54. The van der Waals surface area contributed by atoms with E-state index in [4.69, 9.17) is 9.47 Å². The topological polar surface area (TPSA) is 79.4 Å². The van der Waals surface area contributed by atoms with Gasteiger partial charge in [-0.1, -0.05) is 12.8 Å². The van der Waals surface area contributed by atoms with E-state index in [1.54, 1.807) is 23.5 Å². The summed E-state index contributed by atoms with van der Waals surface area (Å²) in [6.07, 6.45) is 8.43. The molecule has 3 aliphatic rings. The molecule has 0 aliphatic carbocycles. The second kappa shape index (κ2) is 12.2. The second-order valence-electron chi connectivity index (χ2n) is 10.6. The monoisotopic (exact) mass is 521 g/mol. The third-order valence-corrected chi connectivity index (χ3v) is 10.2. The number of aryl methyl sites for hydroxylation is 2. The molecule has 1 amide bonds. The Balaban J connectivity index is 1.36. The van der Waals surface area contributed by atoms with E-state index >= 15 is 0 Å². The Morgan fingerprint density at radius 3 is 2.28 bits per heavy atom. The zero-order valence-electron chi connectivity index (χ0n) is 22.2. The molecule has 3 aliphatic heterocycles. The van der Waals surface area contributed by atoms with E-state index < -0.39 is 10.0 Å². The molecule has 0 aromatic heterocycles. The van der Waals surface area contributed by atoms with Crippen LogP contribution < -0.4 is 4.74 Å². The lowest BCUT2D eigenvalue weighted by molar-refractivity contribution is -0.137. The van der Waals surface area contributed by atoms with E-state index in [1.165, 1.54) is 19.3 Å². The Kier molecular flexibility index (Phi) is 9.30. The first-order chi connectivity index (χ1) is 17.3. The number of carbonyl (C=O) groups is 1. The van der Waals surface area contributed by atoms with Crippen LogP contribution in [0.3, 0.4) is 0 Å². The molecule has 202 valence electrons. The van der Waals surface area contributed by atoms with Crippen LogP contribution >= 0.6 is 0 Å². The van der Waals surface area contributed by atoms with Crippen molar-refractivity contribution >= 4 is 15.9 Å². The lowest BCUT2D eigenvalue weighted by Gasteiger charge is -2.35. The molecule has 1 aromatic carbocycles. The van der Waals surface area contributed by atoms with Crippen molar-refractivity contribution in [2.24, 2.45) is 0 Å². The van der Waals surface area contributed by atoms with Gasteiger partial charge in [0.15, 0.2) is 0 Å². The molecule has 36 heavy (non-hydrogen) atoms. The zero-order chi connectivity index (χ0) is 25.7. The van der Waals surface area contributed by atoms with Gasteiger partial charge in [-0.25, -0.2) is 8.42 Å². The van der Waals surface area contributed by atoms with Gasteiger partial charge in [0.2, 0.25) is 15.9 Å². The highest BCUT2D eigenvalue weighted by molar-refractivity contribution is 7.89. The number of benzene rings is 1. The summed E-state index contributed by atoms with van der Waals surface area (Å²) in [5.74, 6) is 0.683. The predicted octanol–water partition coefficient (Wildman–Crippen LogP) is 3.35. The number of rotatable bonds is 9. The fourth-order valence-electron chi connectivity index (χ4n) is 6.17. The highest BCUT2D eigenvalue weighted by Crippen LogP contribution is 2.32. The lowest BCUT2D eigenvalue weighted by atomic mass is 10.1. The maximum Gasteiger partial charge on any atom is 0.248 e. The number of likely N-dealkylation sites (tertiary alicyclic amines) is 2. The molecule has 0 radical (unpaired) electrons. The van der Waals surface area contributed by atoms with Gasteiger partial charge >= 0.3 is 0 Å². The third-order valence-electron chi connectivity index (χ3n) is 7.96. The van der Waals surface area contributed by atoms with Gasteiger partial charge in [-0.3, -0.25) is 4.79 Å². The number of hydrogen-bond donors (Lipinski definition) is 0. The fraction of sp³-hybridized carbons (Fsp3) is 0.741. The van der Waals surface area contributed by atoms with Crippen LogP contribution in [0.25, 0.3) is 0 Å². The molecule has 1 aromatic rings. The molecule has 0 saturated carbocycles. The Morgan fingerprint density at radius 1 is 0.917 bits per heavy atom. The number of piperidine rings is 2. The molecular formula is C27H43N3O5S. The van der Waals surface area contributed by atoms with E-state index in [0.717, 1.165) is 58.3 Å². The van der Waals surface area contributed by atoms with Gasteiger partial charge in [-0.15, -0.1) is 0 Å². The van der Waals surface area contributed by atoms with Crippen LogP contribution in [0.1, 0.15) is 62.5 Å². The molecule has 8 nitrogen and oxygen atoms in total. The average molecular weight is 522 g/mol. The van der Waals surface area contributed by atoms with Crippen molar-refractivity contribution in [1.29, 1.82) is 0 Å². The van der Waals surface area contributed by atoms with Gasteiger partial charge in [0.1, 0.15) is 12.4 Å². The van der Waals surface area contributed by atoms with Crippen molar-refractivity contribution in [1.82, 2.24) is 14.1 Å². The molecule has 2 atom stereocenters. The van der Waals surface area contributed by atoms with Crippen LogP contribution in [0.5, 0.6) is 5.75 Å². The fourth-order valence-corrected chi connectivity index (χ4v) is 8.26. The largest absolute Gasteiger partial charge is 0.497 e. The molecular weight excluding hydrogens is 478 g/mol. The molecule has 0 spiro atoms. The highest BCUT2D eigenvalue weighted by Gasteiger charge is 2.36. The summed E-state index contributed by atoms with van der Waals surface area (Å²) in [6.45, 7) is 8.37. The summed E-state index contributed by atoms with van der Waals surface area (Å²) in [4.78, 5) is 17.9. The van der Waals surface area contributed by atoms with Crippen LogP contribution in [-0.4, -0.2) is 93.6 Å². The smallest absolute Gasteiger partial charge is 0.248 e. The molecule has 4 rings (SSSR count). The van der Waals surface area contributed by atoms with Crippen molar-refractivity contribution in [3.63, 3.8) is 0 Å². The van der Waals surface area contributed by atoms with Gasteiger partial charge in [0.25, 0.3) is 0 Å². The van der Waals surface area contributed by atoms with Crippen molar-refractivity contribution < 1.29 is 22.7 Å². The summed E-state index contributed by atoms with van der Waals surface area (Å²) in [5, 5.41) is 0. The Labute approximate surface area is 217 Å². The van der Waals surface area contributed by atoms with Gasteiger partial charge < -0.3 is 19.3 Å². The molecule has 2 unspecified atom stereocenters. The van der Waals surface area contributed by atoms with E-state index in [0.29, 0.717) is 28.3 Å². The number of amides is 1. The van der Waals surface area contributed by atoms with Gasteiger partial charge in [-0.05, 0) is 88.7 Å². The SMILES string of the molecule is COc1cc(C)c(S(=O)(=O)N2CCCCC2COCC(=O)N2CCCC2CN2CCCCC2)c(C)c1. The zero-order valence-corrected chi connectivity index (χ0v) is 23.0. The van der Waals surface area contributed by atoms with Crippen molar-refractivity contribution in [2.75, 3.05) is 53.0 Å². The molecule has 0 N–H and O–H groups in total. The molecule has 0 bridgehead atoms. The Hall–Kier alpha value is -1.68. The number of nitrogens with zero attached hydrogens (tertiary/aromatic N) is 3. The van der Waals surface area contributed by atoms with Crippen LogP contribution in [0, 0.1) is 13.8 Å². The van der Waals surface area contributed by atoms with Crippen molar-refractivity contribution in [2.45, 2.75) is 82.2 Å². The molecule has 3 saturated heterocycles. The van der Waals surface area contributed by atoms with Gasteiger partial charge in [-0.2, -0.15) is 4.31 Å². The Bertz CT molecular complexity index is 986. The van der Waals surface area contributed by atoms with E-state index in [2.05, 4.69) is 4.90 Å². The van der Waals surface area contributed by atoms with Gasteiger partial charge in [0.05, 0.1) is 18.6 Å². The second-order valence-corrected chi connectivity index (χ2v) is 12.4. The van der Waals surface area contributed by atoms with E-state index in [1.807, 2.05) is 18.7 Å². The summed E-state index contributed by atoms with van der Waals surface area (Å²) in [5.41, 5.74) is 1.36. The van der Waals surface area contributed by atoms with Crippen LogP contribution in [0.15, 0.2) is 17.0 Å². The maximum absolute atomic E-state index is 13.7. The first kappa shape index (κ1) is 27.4. The number of ether oxygens (including phenoxy) is 2. The number of carbonyl (C=O) groups excluding carboxylic acids is 1. The highest BCUT2D eigenvalue weighted by atomic mass is 32.2. The quantitative estimate of drug-likeness (QED) is 0.496. The first-order valence-corrected chi connectivity index (χ1v) is 15.0. The first-order valence-electron chi connectivity index (χ1n) is 13.6. The molecule has 3 heterocycles. The normalized spacial score (nSPS) is 24.2. The minimum atomic E-state index is -3.69. The van der Waals surface area contributed by atoms with Crippen molar-refractivity contribution in [3.05, 3.63) is 23.3 Å². The number of sulfonamides is 1. The molecule has 9 heteroatoms. The minimum Gasteiger partial charge on any atom is -0.497 e. The molecule has 3 fully saturated rings. The van der Waals surface area contributed by atoms with Crippen molar-refractivity contribution in [3.8, 4) is 5.75 Å². The lowest BCUT2D eigenvalue weighted by Crippen LogP contribution is -2.48. The van der Waals surface area contributed by atoms with Crippen LogP contribution in [0.2, 0.25) is 0 Å². The van der Waals surface area contributed by atoms with Crippen LogP contribution in [-0.2, 0) is 19.6 Å². The van der Waals surface area contributed by atoms with E-state index in [-0.39, 0.29) is 31.2 Å². The van der Waals surface area contributed by atoms with Gasteiger partial charge in [0, 0.05) is 31.7 Å². The minimum absolute atomic E-state index is 0.0154. The van der Waals surface area contributed by atoms with E-state index in [9.17, 15) is 13.2 Å². The third kappa shape index (κ3) is 6.23. The summed E-state index contributed by atoms with van der Waals surface area (Å²) < 4.78 is 40.3. The average Bonchev–Trinajstić information content (AvgIpc) is 3.32. The number of hydrogen-bond acceptors (Lipinski definition) is 6. The predicted molar refractivity (Wildman–Crippen MR) is 140 cm³/mol. The maximum atomic E-state index is 13.7. The number of methoxy groups -OCH3 is 1. The Morgan fingerprint density at radius 2 is 1.58 bits per heavy atom. The van der Waals surface area contributed by atoms with Crippen LogP contribution in [0.4, 0.5) is 0 Å².